The summed E-state index contributed by atoms with van der Waals surface area (Å²) < 4.78 is 0. The van der Waals surface area contributed by atoms with Gasteiger partial charge in [0.15, 0.2) is 0 Å². The van der Waals surface area contributed by atoms with Crippen LogP contribution in [0, 0.1) is 0 Å². The molecule has 0 bridgehead atoms. The summed E-state index contributed by atoms with van der Waals surface area (Å²) >= 11 is 0. The molecule has 14 heavy (non-hydrogen) atoms. The smallest absolute Gasteiger partial charge is 0.0340 e. The van der Waals surface area contributed by atoms with Gasteiger partial charge >= 0.3 is 0 Å². The SMILES string of the molecule is C=CN/C(C)=C(\C)C(=C)N(C)C1CC1. The van der Waals surface area contributed by atoms with Crippen LogP contribution in [0.2, 0.25) is 0 Å². The van der Waals surface area contributed by atoms with Crippen LogP contribution in [0.4, 0.5) is 0 Å². The Kier molecular flexibility index (Phi) is 3.39. The molecule has 0 saturated heterocycles. The first-order valence-electron chi connectivity index (χ1n) is 5.05. The molecule has 0 aromatic carbocycles. The predicted molar refractivity (Wildman–Crippen MR) is 61.6 cm³/mol. The molecule has 0 unspecified atom stereocenters. The van der Waals surface area contributed by atoms with E-state index < -0.39 is 0 Å². The Morgan fingerprint density at radius 3 is 2.43 bits per heavy atom. The molecule has 0 radical (unpaired) electrons. The van der Waals surface area contributed by atoms with Crippen LogP contribution in [0.15, 0.2) is 36.3 Å². The number of hydrogen-bond donors (Lipinski definition) is 1. The van der Waals surface area contributed by atoms with E-state index in [1.807, 2.05) is 6.92 Å². The van der Waals surface area contributed by atoms with Crippen LogP contribution in [0.1, 0.15) is 26.7 Å². The Balaban J connectivity index is 2.66. The van der Waals surface area contributed by atoms with Crippen LogP contribution in [-0.4, -0.2) is 18.0 Å². The molecule has 0 heterocycles. The summed E-state index contributed by atoms with van der Waals surface area (Å²) in [5.74, 6) is 0. The van der Waals surface area contributed by atoms with Crippen molar-refractivity contribution in [3.63, 3.8) is 0 Å². The highest BCUT2D eigenvalue weighted by Gasteiger charge is 2.27. The zero-order valence-electron chi connectivity index (χ0n) is 9.43. The summed E-state index contributed by atoms with van der Waals surface area (Å²) in [7, 11) is 2.12. The predicted octanol–water partition coefficient (Wildman–Crippen LogP) is 2.62. The zero-order chi connectivity index (χ0) is 10.7. The number of nitrogens with zero attached hydrogens (tertiary/aromatic N) is 1. The number of hydrogen-bond acceptors (Lipinski definition) is 2. The van der Waals surface area contributed by atoms with Gasteiger partial charge in [-0.15, -0.1) is 0 Å². The molecule has 0 amide bonds. The first-order chi connectivity index (χ1) is 6.57. The van der Waals surface area contributed by atoms with Crippen molar-refractivity contribution in [1.82, 2.24) is 10.2 Å². The molecule has 1 N–H and O–H groups in total. The highest BCUT2D eigenvalue weighted by Crippen LogP contribution is 2.30. The lowest BCUT2D eigenvalue weighted by Gasteiger charge is -2.23. The van der Waals surface area contributed by atoms with Gasteiger partial charge in [-0.2, -0.15) is 0 Å². The summed E-state index contributed by atoms with van der Waals surface area (Å²) in [4.78, 5) is 2.27. The molecule has 78 valence electrons. The van der Waals surface area contributed by atoms with Gasteiger partial charge in [0.2, 0.25) is 0 Å². The third-order valence-electron chi connectivity index (χ3n) is 2.83. The van der Waals surface area contributed by atoms with Gasteiger partial charge < -0.3 is 10.2 Å². The molecule has 0 aromatic rings. The number of allylic oxidation sites excluding steroid dienone is 2. The van der Waals surface area contributed by atoms with E-state index in [1.165, 1.54) is 18.4 Å². The molecule has 2 heteroatoms. The van der Waals surface area contributed by atoms with E-state index in [1.54, 1.807) is 6.20 Å². The summed E-state index contributed by atoms with van der Waals surface area (Å²) in [5.41, 5.74) is 3.44. The van der Waals surface area contributed by atoms with E-state index in [0.717, 1.165) is 11.4 Å². The fourth-order valence-electron chi connectivity index (χ4n) is 1.42. The van der Waals surface area contributed by atoms with E-state index in [9.17, 15) is 0 Å². The monoisotopic (exact) mass is 192 g/mol. The molecule has 1 fully saturated rings. The van der Waals surface area contributed by atoms with E-state index >= 15 is 0 Å². The maximum Gasteiger partial charge on any atom is 0.0340 e. The largest absolute Gasteiger partial charge is 0.372 e. The van der Waals surface area contributed by atoms with Crippen LogP contribution < -0.4 is 5.32 Å². The molecule has 0 aromatic heterocycles. The van der Waals surface area contributed by atoms with Crippen LogP contribution in [0.25, 0.3) is 0 Å². The Morgan fingerprint density at radius 1 is 1.43 bits per heavy atom. The lowest BCUT2D eigenvalue weighted by Crippen LogP contribution is -2.21. The third-order valence-corrected chi connectivity index (χ3v) is 2.83. The number of nitrogens with one attached hydrogen (secondary N) is 1. The summed E-state index contributed by atoms with van der Waals surface area (Å²) in [6.07, 6.45) is 4.30. The molecule has 1 saturated carbocycles. The van der Waals surface area contributed by atoms with Crippen molar-refractivity contribution in [2.45, 2.75) is 32.7 Å². The average Bonchev–Trinajstić information content (AvgIpc) is 2.98. The van der Waals surface area contributed by atoms with Gasteiger partial charge in [-0.25, -0.2) is 0 Å². The van der Waals surface area contributed by atoms with Gasteiger partial charge in [0.25, 0.3) is 0 Å². The van der Waals surface area contributed by atoms with Crippen molar-refractivity contribution in [3.8, 4) is 0 Å². The molecule has 0 aliphatic heterocycles. The first-order valence-corrected chi connectivity index (χ1v) is 5.05. The molecule has 0 spiro atoms. The van der Waals surface area contributed by atoms with Crippen LogP contribution in [-0.2, 0) is 0 Å². The Bertz CT molecular complexity index is 272. The number of rotatable bonds is 5. The summed E-state index contributed by atoms with van der Waals surface area (Å²) in [6.45, 7) is 11.9. The molecule has 1 rings (SSSR count). The summed E-state index contributed by atoms with van der Waals surface area (Å²) in [5, 5.41) is 3.10. The molecule has 2 nitrogen and oxygen atoms in total. The second-order valence-electron chi connectivity index (χ2n) is 3.89. The van der Waals surface area contributed by atoms with Gasteiger partial charge in [-0.3, -0.25) is 0 Å². The minimum absolute atomic E-state index is 0.717. The van der Waals surface area contributed by atoms with Gasteiger partial charge in [0, 0.05) is 24.5 Å². The van der Waals surface area contributed by atoms with E-state index in [0.29, 0.717) is 6.04 Å². The lowest BCUT2D eigenvalue weighted by atomic mass is 10.1. The van der Waals surface area contributed by atoms with Gasteiger partial charge in [-0.1, -0.05) is 13.2 Å². The van der Waals surface area contributed by atoms with Crippen molar-refractivity contribution in [2.24, 2.45) is 0 Å². The topological polar surface area (TPSA) is 15.3 Å². The molecular weight excluding hydrogens is 172 g/mol. The molecule has 1 aliphatic rings. The highest BCUT2D eigenvalue weighted by molar-refractivity contribution is 5.30. The van der Waals surface area contributed by atoms with Gasteiger partial charge in [0.05, 0.1) is 0 Å². The quantitative estimate of drug-likeness (QED) is 0.674. The van der Waals surface area contributed by atoms with Crippen molar-refractivity contribution >= 4 is 0 Å². The van der Waals surface area contributed by atoms with E-state index in [-0.39, 0.29) is 0 Å². The molecule has 1 aliphatic carbocycles. The summed E-state index contributed by atoms with van der Waals surface area (Å²) in [6, 6.07) is 0.717. The van der Waals surface area contributed by atoms with E-state index in [2.05, 4.69) is 37.3 Å². The second-order valence-corrected chi connectivity index (χ2v) is 3.89. The standard InChI is InChI=1S/C12H20N2/c1-6-13-10(3)9(2)11(4)14(5)12-7-8-12/h6,12-13H,1,4,7-8H2,2-3,5H3/b10-9+. The van der Waals surface area contributed by atoms with Crippen molar-refractivity contribution < 1.29 is 0 Å². The first kappa shape index (κ1) is 10.9. The van der Waals surface area contributed by atoms with Crippen molar-refractivity contribution in [2.75, 3.05) is 7.05 Å². The van der Waals surface area contributed by atoms with Crippen LogP contribution in [0.5, 0.6) is 0 Å². The fraction of sp³-hybridized carbons (Fsp3) is 0.500. The Hall–Kier alpha value is -1.18. The Morgan fingerprint density at radius 2 is 2.00 bits per heavy atom. The maximum absolute atomic E-state index is 4.11. The van der Waals surface area contributed by atoms with Crippen molar-refractivity contribution in [1.29, 1.82) is 0 Å². The normalized spacial score (nSPS) is 17.1. The number of likely N-dealkylation sites (N-methyl/N-ethyl adjacent to an activating group) is 1. The van der Waals surface area contributed by atoms with Crippen LogP contribution >= 0.6 is 0 Å². The van der Waals surface area contributed by atoms with Gasteiger partial charge in [0.1, 0.15) is 0 Å². The molecular formula is C12H20N2. The van der Waals surface area contributed by atoms with E-state index in [4.69, 9.17) is 0 Å². The minimum atomic E-state index is 0.717. The second kappa shape index (κ2) is 4.36. The Labute approximate surface area is 87.0 Å². The zero-order valence-corrected chi connectivity index (χ0v) is 9.43. The third kappa shape index (κ3) is 2.41. The fourth-order valence-corrected chi connectivity index (χ4v) is 1.42. The molecule has 0 atom stereocenters. The minimum Gasteiger partial charge on any atom is -0.372 e. The lowest BCUT2D eigenvalue weighted by molar-refractivity contribution is 0.415. The van der Waals surface area contributed by atoms with Crippen LogP contribution in [0.3, 0.4) is 0 Å². The maximum atomic E-state index is 4.11. The van der Waals surface area contributed by atoms with Crippen molar-refractivity contribution in [3.05, 3.63) is 36.3 Å². The average molecular weight is 192 g/mol. The highest BCUT2D eigenvalue weighted by atomic mass is 15.2. The van der Waals surface area contributed by atoms with Gasteiger partial charge in [-0.05, 0) is 38.5 Å².